The molecular weight excluding hydrogens is 424 g/mol. The maximum absolute atomic E-state index is 12.4. The topological polar surface area (TPSA) is 60.4 Å². The molecule has 0 bridgehead atoms. The van der Waals surface area contributed by atoms with Gasteiger partial charge in [-0.3, -0.25) is 0 Å². The highest BCUT2D eigenvalue weighted by atomic mass is 79.9. The minimum atomic E-state index is -3.47. The molecule has 1 aromatic heterocycles. The molecule has 1 aliphatic rings. The predicted octanol–water partition coefficient (Wildman–Crippen LogP) is 5.70. The summed E-state index contributed by atoms with van der Waals surface area (Å²) >= 11 is 4.52. The minimum absolute atomic E-state index is 0.280. The number of esters is 1. The van der Waals surface area contributed by atoms with E-state index >= 15 is 0 Å². The third-order valence-corrected chi connectivity index (χ3v) is 8.34. The highest BCUT2D eigenvalue weighted by Crippen LogP contribution is 2.46. The van der Waals surface area contributed by atoms with E-state index in [9.17, 15) is 13.2 Å². The fraction of sp³-hybridized carbons (Fsp3) is 0.611. The van der Waals surface area contributed by atoms with Gasteiger partial charge in [-0.15, -0.1) is 11.3 Å². The van der Waals surface area contributed by atoms with Crippen LogP contribution >= 0.6 is 27.3 Å². The molecule has 0 unspecified atom stereocenters. The zero-order valence-corrected chi connectivity index (χ0v) is 18.0. The quantitative estimate of drug-likeness (QED) is 0.340. The van der Waals surface area contributed by atoms with Gasteiger partial charge in [-0.05, 0) is 41.3 Å². The number of carbonyl (C=O) groups excluding carboxylic acids is 1. The molecule has 140 valence electrons. The van der Waals surface area contributed by atoms with Gasteiger partial charge in [0.05, 0.1) is 21.8 Å². The van der Waals surface area contributed by atoms with Crippen molar-refractivity contribution in [1.29, 1.82) is 0 Å². The third-order valence-electron chi connectivity index (χ3n) is 4.21. The van der Waals surface area contributed by atoms with Gasteiger partial charge in [0.15, 0.2) is 0 Å². The largest absolute Gasteiger partial charge is 0.462 e. The first-order valence-corrected chi connectivity index (χ1v) is 12.0. The number of ether oxygens (including phenoxy) is 1. The predicted molar refractivity (Wildman–Crippen MR) is 106 cm³/mol. The van der Waals surface area contributed by atoms with E-state index < -0.39 is 15.8 Å². The third kappa shape index (κ3) is 4.95. The number of unbranched alkanes of at least 4 members (excludes halogenated alkanes) is 6. The van der Waals surface area contributed by atoms with Crippen LogP contribution in [0.1, 0.15) is 78.9 Å². The number of halogens is 1. The van der Waals surface area contributed by atoms with E-state index in [0.717, 1.165) is 19.3 Å². The van der Waals surface area contributed by atoms with Gasteiger partial charge in [0.25, 0.3) is 0 Å². The number of hydrogen-bond acceptors (Lipinski definition) is 5. The van der Waals surface area contributed by atoms with Crippen molar-refractivity contribution in [2.24, 2.45) is 0 Å². The normalized spacial score (nSPS) is 15.1. The fourth-order valence-corrected chi connectivity index (χ4v) is 7.40. The van der Waals surface area contributed by atoms with E-state index in [1.54, 1.807) is 6.92 Å². The Morgan fingerprint density at radius 2 is 1.76 bits per heavy atom. The second kappa shape index (κ2) is 9.33. The Balaban J connectivity index is 2.13. The van der Waals surface area contributed by atoms with Crippen LogP contribution in [0.25, 0.3) is 4.48 Å². The molecule has 4 nitrogen and oxygen atoms in total. The van der Waals surface area contributed by atoms with Crippen molar-refractivity contribution in [3.05, 3.63) is 20.7 Å². The summed E-state index contributed by atoms with van der Waals surface area (Å²) in [5.41, 5.74) is 0.637. The number of thiophene rings is 1. The summed E-state index contributed by atoms with van der Waals surface area (Å²) in [6.07, 6.45) is 8.64. The maximum atomic E-state index is 12.4. The molecule has 0 fully saturated rings. The molecule has 0 aliphatic carbocycles. The zero-order chi connectivity index (χ0) is 18.4. The summed E-state index contributed by atoms with van der Waals surface area (Å²) in [7, 11) is -3.47. The first-order chi connectivity index (χ1) is 11.9. The van der Waals surface area contributed by atoms with E-state index in [4.69, 9.17) is 4.74 Å². The molecule has 0 N–H and O–H groups in total. The average molecular weight is 449 g/mol. The van der Waals surface area contributed by atoms with Crippen LogP contribution in [0.2, 0.25) is 0 Å². The Hall–Kier alpha value is -0.660. The Bertz CT molecular complexity index is 747. The number of sulfone groups is 1. The van der Waals surface area contributed by atoms with Crippen LogP contribution < -0.4 is 0 Å². The summed E-state index contributed by atoms with van der Waals surface area (Å²) in [5.74, 6) is -0.421. The van der Waals surface area contributed by atoms with Crippen LogP contribution in [0.4, 0.5) is 0 Å². The SMILES string of the molecule is CCCCCCCCCc1c(C(=O)OCC)sc2c1S(=O)(=O)C=C2Br. The van der Waals surface area contributed by atoms with Crippen LogP contribution in [0.3, 0.4) is 0 Å². The molecule has 7 heteroatoms. The first-order valence-electron chi connectivity index (χ1n) is 8.87. The second-order valence-corrected chi connectivity index (χ2v) is 9.78. The van der Waals surface area contributed by atoms with Gasteiger partial charge in [-0.1, -0.05) is 45.4 Å². The van der Waals surface area contributed by atoms with Crippen molar-refractivity contribution in [2.45, 2.75) is 70.1 Å². The molecule has 1 aromatic rings. The summed E-state index contributed by atoms with van der Waals surface area (Å²) in [6, 6.07) is 0. The molecule has 0 spiro atoms. The Kier molecular flexibility index (Phi) is 7.70. The van der Waals surface area contributed by atoms with E-state index in [2.05, 4.69) is 22.9 Å². The van der Waals surface area contributed by atoms with E-state index in [-0.39, 0.29) is 6.61 Å². The Labute approximate surface area is 162 Å². The van der Waals surface area contributed by atoms with Gasteiger partial charge in [0.2, 0.25) is 9.84 Å². The van der Waals surface area contributed by atoms with Crippen LogP contribution in [-0.4, -0.2) is 21.0 Å². The lowest BCUT2D eigenvalue weighted by atomic mass is 10.0. The summed E-state index contributed by atoms with van der Waals surface area (Å²) in [6.45, 7) is 4.23. The van der Waals surface area contributed by atoms with Gasteiger partial charge in [0, 0.05) is 4.48 Å². The standard InChI is InChI=1S/C18H25BrO4S2/c1-3-5-6-7-8-9-10-11-13-15(18(20)23-4-2)24-16-14(19)12-25(21,22)17(13)16/h12H,3-11H2,1-2H3. The van der Waals surface area contributed by atoms with Crippen molar-refractivity contribution >= 4 is 47.6 Å². The molecule has 1 aliphatic heterocycles. The summed E-state index contributed by atoms with van der Waals surface area (Å²) < 4.78 is 30.5. The van der Waals surface area contributed by atoms with Crippen molar-refractivity contribution in [3.8, 4) is 0 Å². The minimum Gasteiger partial charge on any atom is -0.462 e. The van der Waals surface area contributed by atoms with Gasteiger partial charge < -0.3 is 4.74 Å². The highest BCUT2D eigenvalue weighted by Gasteiger charge is 2.35. The van der Waals surface area contributed by atoms with Crippen LogP contribution in [-0.2, 0) is 21.0 Å². The lowest BCUT2D eigenvalue weighted by Crippen LogP contribution is -2.07. The van der Waals surface area contributed by atoms with Crippen molar-refractivity contribution in [3.63, 3.8) is 0 Å². The Morgan fingerprint density at radius 1 is 1.12 bits per heavy atom. The molecule has 0 saturated heterocycles. The zero-order valence-electron chi connectivity index (χ0n) is 14.8. The second-order valence-electron chi connectivity index (χ2n) is 6.17. The van der Waals surface area contributed by atoms with Gasteiger partial charge >= 0.3 is 5.97 Å². The molecule has 0 radical (unpaired) electrons. The molecule has 2 rings (SSSR count). The fourth-order valence-electron chi connectivity index (χ4n) is 3.00. The lowest BCUT2D eigenvalue weighted by molar-refractivity contribution is 0.0530. The molecule has 2 heterocycles. The number of carbonyl (C=O) groups is 1. The maximum Gasteiger partial charge on any atom is 0.348 e. The van der Waals surface area contributed by atoms with Crippen LogP contribution in [0, 0.1) is 0 Å². The smallest absolute Gasteiger partial charge is 0.348 e. The van der Waals surface area contributed by atoms with Crippen LogP contribution in [0.15, 0.2) is 10.3 Å². The van der Waals surface area contributed by atoms with Crippen molar-refractivity contribution in [2.75, 3.05) is 6.61 Å². The van der Waals surface area contributed by atoms with E-state index in [1.807, 2.05) is 0 Å². The molecule has 0 amide bonds. The molecule has 0 aromatic carbocycles. The van der Waals surface area contributed by atoms with Gasteiger partial charge in [-0.2, -0.15) is 0 Å². The van der Waals surface area contributed by atoms with E-state index in [1.165, 1.54) is 42.4 Å². The van der Waals surface area contributed by atoms with Gasteiger partial charge in [0.1, 0.15) is 4.88 Å². The van der Waals surface area contributed by atoms with Crippen molar-refractivity contribution < 1.29 is 17.9 Å². The molecule has 0 saturated carbocycles. The Morgan fingerprint density at radius 3 is 2.40 bits per heavy atom. The number of hydrogen-bond donors (Lipinski definition) is 0. The number of fused-ring (bicyclic) bond motifs is 1. The average Bonchev–Trinajstić information content (AvgIpc) is 3.04. The molecule has 25 heavy (non-hydrogen) atoms. The monoisotopic (exact) mass is 448 g/mol. The van der Waals surface area contributed by atoms with Gasteiger partial charge in [-0.25, -0.2) is 13.2 Å². The van der Waals surface area contributed by atoms with Crippen molar-refractivity contribution in [1.82, 2.24) is 0 Å². The van der Waals surface area contributed by atoms with Crippen LogP contribution in [0.5, 0.6) is 0 Å². The lowest BCUT2D eigenvalue weighted by Gasteiger charge is -2.06. The molecular formula is C18H25BrO4S2. The first kappa shape index (κ1) is 20.6. The number of rotatable bonds is 10. The van der Waals surface area contributed by atoms with E-state index in [0.29, 0.717) is 31.1 Å². The highest BCUT2D eigenvalue weighted by molar-refractivity contribution is 9.15. The summed E-state index contributed by atoms with van der Waals surface area (Å²) in [5, 5.41) is 1.23. The summed E-state index contributed by atoms with van der Waals surface area (Å²) in [4.78, 5) is 13.6. The molecule has 0 atom stereocenters.